The van der Waals surface area contributed by atoms with Gasteiger partial charge in [-0.1, -0.05) is 17.9 Å². The number of carbonyl (C=O) groups excluding carboxylic acids is 2. The molecule has 1 aromatic rings. The van der Waals surface area contributed by atoms with Gasteiger partial charge in [-0.05, 0) is 31.5 Å². The van der Waals surface area contributed by atoms with Crippen LogP contribution >= 0.6 is 0 Å². The first-order chi connectivity index (χ1) is 10.1. The van der Waals surface area contributed by atoms with Crippen LogP contribution in [0.25, 0.3) is 0 Å². The second kappa shape index (κ2) is 6.42. The number of rotatable bonds is 1. The van der Waals surface area contributed by atoms with Crippen molar-refractivity contribution in [2.75, 3.05) is 19.7 Å². The number of nitrogens with one attached hydrogen (secondary N) is 1. The second-order valence-corrected chi connectivity index (χ2v) is 4.90. The third kappa shape index (κ3) is 3.06. The summed E-state index contributed by atoms with van der Waals surface area (Å²) in [5.74, 6) is 5.11. The SMILES string of the molecule is Cc1c(C#CCO)cccc1C(=O)N1CCNC(=O)C1C. The maximum absolute atomic E-state index is 12.7. The first-order valence-electron chi connectivity index (χ1n) is 6.84. The van der Waals surface area contributed by atoms with E-state index < -0.39 is 6.04 Å². The first-order valence-corrected chi connectivity index (χ1v) is 6.84. The molecular formula is C16H18N2O3. The summed E-state index contributed by atoms with van der Waals surface area (Å²) in [6.07, 6.45) is 0. The van der Waals surface area contributed by atoms with Gasteiger partial charge in [0.1, 0.15) is 12.6 Å². The van der Waals surface area contributed by atoms with Crippen LogP contribution in [0, 0.1) is 18.8 Å². The van der Waals surface area contributed by atoms with E-state index in [9.17, 15) is 9.59 Å². The number of aliphatic hydroxyl groups is 1. The molecule has 0 aliphatic carbocycles. The van der Waals surface area contributed by atoms with Gasteiger partial charge in [-0.15, -0.1) is 0 Å². The molecule has 2 rings (SSSR count). The normalized spacial score (nSPS) is 17.8. The lowest BCUT2D eigenvalue weighted by Gasteiger charge is -2.33. The average Bonchev–Trinajstić information content (AvgIpc) is 2.48. The lowest BCUT2D eigenvalue weighted by atomic mass is 10.0. The van der Waals surface area contributed by atoms with E-state index in [1.807, 2.05) is 6.92 Å². The van der Waals surface area contributed by atoms with Gasteiger partial charge >= 0.3 is 0 Å². The highest BCUT2D eigenvalue weighted by molar-refractivity contribution is 5.99. The Bertz CT molecular complexity index is 628. The molecule has 2 amide bonds. The van der Waals surface area contributed by atoms with Gasteiger partial charge in [-0.2, -0.15) is 0 Å². The van der Waals surface area contributed by atoms with Crippen molar-refractivity contribution in [3.63, 3.8) is 0 Å². The van der Waals surface area contributed by atoms with Crippen LogP contribution in [0.15, 0.2) is 18.2 Å². The van der Waals surface area contributed by atoms with E-state index in [4.69, 9.17) is 5.11 Å². The Kier molecular flexibility index (Phi) is 4.61. The van der Waals surface area contributed by atoms with Crippen LogP contribution in [0.1, 0.15) is 28.4 Å². The van der Waals surface area contributed by atoms with Crippen molar-refractivity contribution in [3.05, 3.63) is 34.9 Å². The van der Waals surface area contributed by atoms with Crippen LogP contribution in [-0.4, -0.2) is 47.6 Å². The van der Waals surface area contributed by atoms with Gasteiger partial charge < -0.3 is 15.3 Å². The Hall–Kier alpha value is -2.32. The third-order valence-corrected chi connectivity index (χ3v) is 3.63. The Labute approximate surface area is 124 Å². The second-order valence-electron chi connectivity index (χ2n) is 4.90. The van der Waals surface area contributed by atoms with E-state index >= 15 is 0 Å². The summed E-state index contributed by atoms with van der Waals surface area (Å²) >= 11 is 0. The van der Waals surface area contributed by atoms with Crippen LogP contribution in [0.5, 0.6) is 0 Å². The smallest absolute Gasteiger partial charge is 0.254 e. The predicted octanol–water partition coefficient (Wildman–Crippen LogP) is 0.299. The number of hydrogen-bond acceptors (Lipinski definition) is 3. The molecule has 5 heteroatoms. The monoisotopic (exact) mass is 286 g/mol. The predicted molar refractivity (Wildman–Crippen MR) is 78.7 cm³/mol. The highest BCUT2D eigenvalue weighted by Gasteiger charge is 2.30. The molecule has 5 nitrogen and oxygen atoms in total. The quantitative estimate of drug-likeness (QED) is 0.730. The van der Waals surface area contributed by atoms with Crippen molar-refractivity contribution < 1.29 is 14.7 Å². The van der Waals surface area contributed by atoms with Crippen molar-refractivity contribution in [1.29, 1.82) is 0 Å². The molecule has 0 aromatic heterocycles. The molecule has 0 radical (unpaired) electrons. The fraction of sp³-hybridized carbons (Fsp3) is 0.375. The van der Waals surface area contributed by atoms with Crippen molar-refractivity contribution in [3.8, 4) is 11.8 Å². The number of piperazine rings is 1. The molecule has 110 valence electrons. The third-order valence-electron chi connectivity index (χ3n) is 3.63. The standard InChI is InChI=1S/C16H18N2O3/c1-11-13(6-4-10-19)5-3-7-14(11)16(21)18-9-8-17-15(20)12(18)2/h3,5,7,12,19H,8-10H2,1-2H3,(H,17,20). The minimum absolute atomic E-state index is 0.136. The fourth-order valence-corrected chi connectivity index (χ4v) is 2.35. The minimum Gasteiger partial charge on any atom is -0.384 e. The molecule has 1 fully saturated rings. The van der Waals surface area contributed by atoms with Gasteiger partial charge in [0.05, 0.1) is 0 Å². The van der Waals surface area contributed by atoms with Crippen molar-refractivity contribution in [2.24, 2.45) is 0 Å². The van der Waals surface area contributed by atoms with E-state index in [0.717, 1.165) is 5.56 Å². The Morgan fingerprint density at radius 3 is 3.00 bits per heavy atom. The van der Waals surface area contributed by atoms with Crippen molar-refractivity contribution in [1.82, 2.24) is 10.2 Å². The van der Waals surface area contributed by atoms with Gasteiger partial charge in [-0.3, -0.25) is 9.59 Å². The zero-order valence-corrected chi connectivity index (χ0v) is 12.1. The molecule has 0 spiro atoms. The Morgan fingerprint density at radius 2 is 2.29 bits per heavy atom. The number of carbonyl (C=O) groups is 2. The van der Waals surface area contributed by atoms with Crippen LogP contribution in [-0.2, 0) is 4.79 Å². The number of benzene rings is 1. The molecule has 0 saturated carbocycles. The van der Waals surface area contributed by atoms with E-state index in [-0.39, 0.29) is 18.4 Å². The largest absolute Gasteiger partial charge is 0.384 e. The number of nitrogens with zero attached hydrogens (tertiary/aromatic N) is 1. The zero-order chi connectivity index (χ0) is 15.4. The van der Waals surface area contributed by atoms with E-state index in [0.29, 0.717) is 24.2 Å². The van der Waals surface area contributed by atoms with Gasteiger partial charge in [0.15, 0.2) is 0 Å². The van der Waals surface area contributed by atoms with E-state index in [1.54, 1.807) is 30.0 Å². The maximum Gasteiger partial charge on any atom is 0.254 e. The molecule has 21 heavy (non-hydrogen) atoms. The molecule has 1 aliphatic rings. The molecule has 1 saturated heterocycles. The van der Waals surface area contributed by atoms with E-state index in [2.05, 4.69) is 17.2 Å². The molecule has 1 unspecified atom stereocenters. The summed E-state index contributed by atoms with van der Waals surface area (Å²) in [5, 5.41) is 11.5. The van der Waals surface area contributed by atoms with Gasteiger partial charge in [-0.25, -0.2) is 0 Å². The average molecular weight is 286 g/mol. The molecule has 1 heterocycles. The number of aliphatic hydroxyl groups excluding tert-OH is 1. The van der Waals surface area contributed by atoms with Gasteiger partial charge in [0, 0.05) is 24.2 Å². The molecule has 1 atom stereocenters. The molecular weight excluding hydrogens is 268 g/mol. The fourth-order valence-electron chi connectivity index (χ4n) is 2.35. The lowest BCUT2D eigenvalue weighted by molar-refractivity contribution is -0.127. The summed E-state index contributed by atoms with van der Waals surface area (Å²) in [4.78, 5) is 25.9. The van der Waals surface area contributed by atoms with Crippen LogP contribution in [0.2, 0.25) is 0 Å². The number of hydrogen-bond donors (Lipinski definition) is 2. The summed E-state index contributed by atoms with van der Waals surface area (Å²) in [5.41, 5.74) is 2.02. The maximum atomic E-state index is 12.7. The van der Waals surface area contributed by atoms with Crippen molar-refractivity contribution in [2.45, 2.75) is 19.9 Å². The van der Waals surface area contributed by atoms with Crippen LogP contribution in [0.4, 0.5) is 0 Å². The zero-order valence-electron chi connectivity index (χ0n) is 12.1. The van der Waals surface area contributed by atoms with Gasteiger partial charge in [0.2, 0.25) is 5.91 Å². The van der Waals surface area contributed by atoms with Crippen LogP contribution < -0.4 is 5.32 Å². The van der Waals surface area contributed by atoms with Crippen LogP contribution in [0.3, 0.4) is 0 Å². The summed E-state index contributed by atoms with van der Waals surface area (Å²) in [6, 6.07) is 4.83. The molecule has 0 bridgehead atoms. The molecule has 1 aromatic carbocycles. The van der Waals surface area contributed by atoms with E-state index in [1.165, 1.54) is 0 Å². The topological polar surface area (TPSA) is 69.6 Å². The molecule has 1 aliphatic heterocycles. The Balaban J connectivity index is 2.33. The highest BCUT2D eigenvalue weighted by Crippen LogP contribution is 2.17. The number of amides is 2. The summed E-state index contributed by atoms with van der Waals surface area (Å²) in [6.45, 7) is 4.29. The Morgan fingerprint density at radius 1 is 1.52 bits per heavy atom. The summed E-state index contributed by atoms with van der Waals surface area (Å²) < 4.78 is 0. The summed E-state index contributed by atoms with van der Waals surface area (Å²) in [7, 11) is 0. The first kappa shape index (κ1) is 15.1. The molecule has 2 N–H and O–H groups in total. The highest BCUT2D eigenvalue weighted by atomic mass is 16.2. The van der Waals surface area contributed by atoms with Gasteiger partial charge in [0.25, 0.3) is 5.91 Å². The minimum atomic E-state index is -0.474. The lowest BCUT2D eigenvalue weighted by Crippen LogP contribution is -2.55. The van der Waals surface area contributed by atoms with Crippen molar-refractivity contribution >= 4 is 11.8 Å².